The quantitative estimate of drug-likeness (QED) is 0.265. The van der Waals surface area contributed by atoms with Crippen LogP contribution in [0, 0.1) is 0 Å². The number of nitrogens with zero attached hydrogens (tertiary/aromatic N) is 2. The molecule has 1 aliphatic heterocycles. The van der Waals surface area contributed by atoms with Gasteiger partial charge in [0.25, 0.3) is 11.7 Å². The van der Waals surface area contributed by atoms with Crippen LogP contribution >= 0.6 is 11.6 Å². The lowest BCUT2D eigenvalue weighted by molar-refractivity contribution is -0.139. The summed E-state index contributed by atoms with van der Waals surface area (Å²) in [5.74, 6) is -0.943. The summed E-state index contributed by atoms with van der Waals surface area (Å²) in [5, 5.41) is 11.6. The van der Waals surface area contributed by atoms with Gasteiger partial charge in [-0.25, -0.2) is 0 Å². The van der Waals surface area contributed by atoms with Gasteiger partial charge in [0.15, 0.2) is 0 Å². The molecule has 2 aromatic carbocycles. The third-order valence-electron chi connectivity index (χ3n) is 5.20. The Morgan fingerprint density at radius 2 is 1.94 bits per heavy atom. The van der Waals surface area contributed by atoms with Crippen LogP contribution in [-0.2, 0) is 9.59 Å². The van der Waals surface area contributed by atoms with Crippen molar-refractivity contribution in [3.05, 3.63) is 82.9 Å². The smallest absolute Gasteiger partial charge is 0.295 e. The highest BCUT2D eigenvalue weighted by molar-refractivity contribution is 6.46. The summed E-state index contributed by atoms with van der Waals surface area (Å²) < 4.78 is 5.47. The summed E-state index contributed by atoms with van der Waals surface area (Å²) in [6, 6.07) is 13.0. The van der Waals surface area contributed by atoms with E-state index >= 15 is 0 Å². The van der Waals surface area contributed by atoms with Crippen LogP contribution in [0.5, 0.6) is 5.75 Å². The largest absolute Gasteiger partial charge is 0.507 e. The molecule has 1 saturated heterocycles. The highest BCUT2D eigenvalue weighted by Crippen LogP contribution is 2.40. The van der Waals surface area contributed by atoms with E-state index in [2.05, 4.69) is 6.58 Å². The molecule has 1 heterocycles. The van der Waals surface area contributed by atoms with Crippen LogP contribution in [0.4, 0.5) is 0 Å². The first kappa shape index (κ1) is 23.6. The third kappa shape index (κ3) is 5.21. The molecule has 7 heteroatoms. The lowest BCUT2D eigenvalue weighted by Gasteiger charge is -2.26. The van der Waals surface area contributed by atoms with Crippen molar-refractivity contribution in [1.82, 2.24) is 9.80 Å². The van der Waals surface area contributed by atoms with Crippen LogP contribution in [-0.4, -0.2) is 60.4 Å². The Balaban J connectivity index is 2.03. The van der Waals surface area contributed by atoms with Gasteiger partial charge in [-0.2, -0.15) is 0 Å². The van der Waals surface area contributed by atoms with Crippen molar-refractivity contribution in [3.63, 3.8) is 0 Å². The van der Waals surface area contributed by atoms with Crippen molar-refractivity contribution in [3.8, 4) is 5.75 Å². The number of Topliss-reactive ketones (excluding diaryl/α,β-unsaturated/α-hetero) is 1. The summed E-state index contributed by atoms with van der Waals surface area (Å²) in [6.07, 6.45) is 2.32. The number of rotatable bonds is 9. The van der Waals surface area contributed by atoms with E-state index in [1.165, 1.54) is 4.90 Å². The van der Waals surface area contributed by atoms with Crippen molar-refractivity contribution in [2.45, 2.75) is 12.5 Å². The zero-order chi connectivity index (χ0) is 23.3. The molecule has 0 spiro atoms. The van der Waals surface area contributed by atoms with Gasteiger partial charge in [-0.15, -0.1) is 0 Å². The summed E-state index contributed by atoms with van der Waals surface area (Å²) in [7, 11) is 3.90. The maximum absolute atomic E-state index is 13.0. The second-order valence-corrected chi connectivity index (χ2v) is 8.26. The van der Waals surface area contributed by atoms with Crippen LogP contribution in [0.2, 0.25) is 5.02 Å². The van der Waals surface area contributed by atoms with Crippen molar-refractivity contribution in [2.24, 2.45) is 0 Å². The minimum Gasteiger partial charge on any atom is -0.507 e. The molecule has 0 radical (unpaired) electrons. The second kappa shape index (κ2) is 10.5. The molecule has 0 bridgehead atoms. The van der Waals surface area contributed by atoms with Crippen LogP contribution in [0.1, 0.15) is 23.6 Å². The number of likely N-dealkylation sites (tertiary alicyclic amines) is 1. The van der Waals surface area contributed by atoms with E-state index in [1.54, 1.807) is 54.6 Å². The number of carbonyl (C=O) groups excluding carboxylic acids is 2. The normalized spacial score (nSPS) is 17.8. The summed E-state index contributed by atoms with van der Waals surface area (Å²) >= 11 is 6.20. The topological polar surface area (TPSA) is 70.1 Å². The van der Waals surface area contributed by atoms with E-state index in [9.17, 15) is 14.7 Å². The Morgan fingerprint density at radius 3 is 2.56 bits per heavy atom. The van der Waals surface area contributed by atoms with Gasteiger partial charge in [0, 0.05) is 17.1 Å². The molecular weight excluding hydrogens is 428 g/mol. The molecule has 1 aliphatic rings. The van der Waals surface area contributed by atoms with E-state index in [4.69, 9.17) is 16.3 Å². The fraction of sp³-hybridized carbons (Fsp3) is 0.280. The van der Waals surface area contributed by atoms with Gasteiger partial charge in [0.1, 0.15) is 18.1 Å². The number of ketones is 1. The predicted octanol–water partition coefficient (Wildman–Crippen LogP) is 4.28. The van der Waals surface area contributed by atoms with Gasteiger partial charge < -0.3 is 19.6 Å². The highest BCUT2D eigenvalue weighted by atomic mass is 35.5. The molecular formula is C25H27ClN2O4. The number of hydrogen-bond acceptors (Lipinski definition) is 5. The standard InChI is InChI=1S/C25H27ClN2O4/c1-4-15-32-20-11-9-17(10-12-20)23(29)21-22(18-7-5-8-19(26)16-18)28(25(31)24(21)30)14-6-13-27(2)3/h4-5,7-12,16,22,29H,1,6,13-15H2,2-3H3/t22-/m1/s1. The van der Waals surface area contributed by atoms with Gasteiger partial charge in [-0.3, -0.25) is 9.59 Å². The van der Waals surface area contributed by atoms with Gasteiger partial charge in [-0.05, 0) is 69.0 Å². The summed E-state index contributed by atoms with van der Waals surface area (Å²) in [5.41, 5.74) is 1.16. The zero-order valence-electron chi connectivity index (χ0n) is 18.3. The molecule has 0 saturated carbocycles. The Labute approximate surface area is 193 Å². The molecule has 32 heavy (non-hydrogen) atoms. The fourth-order valence-corrected chi connectivity index (χ4v) is 3.91. The van der Waals surface area contributed by atoms with Crippen molar-refractivity contribution >= 4 is 29.1 Å². The maximum Gasteiger partial charge on any atom is 0.295 e. The number of carbonyl (C=O) groups is 2. The van der Waals surface area contributed by atoms with Crippen molar-refractivity contribution in [2.75, 3.05) is 33.8 Å². The highest BCUT2D eigenvalue weighted by Gasteiger charge is 2.45. The molecule has 0 aliphatic carbocycles. The average molecular weight is 455 g/mol. The molecule has 1 atom stereocenters. The first-order valence-corrected chi connectivity index (χ1v) is 10.7. The fourth-order valence-electron chi connectivity index (χ4n) is 3.71. The second-order valence-electron chi connectivity index (χ2n) is 7.83. The Bertz CT molecular complexity index is 1030. The Morgan fingerprint density at radius 1 is 1.22 bits per heavy atom. The zero-order valence-corrected chi connectivity index (χ0v) is 19.0. The van der Waals surface area contributed by atoms with E-state index in [-0.39, 0.29) is 11.3 Å². The molecule has 1 fully saturated rings. The molecule has 0 unspecified atom stereocenters. The number of benzene rings is 2. The van der Waals surface area contributed by atoms with Crippen LogP contribution in [0.25, 0.3) is 5.76 Å². The van der Waals surface area contributed by atoms with Gasteiger partial charge in [0.2, 0.25) is 0 Å². The number of amides is 1. The lowest BCUT2D eigenvalue weighted by atomic mass is 9.95. The number of ether oxygens (including phenoxy) is 1. The first-order chi connectivity index (χ1) is 15.3. The average Bonchev–Trinajstić information content (AvgIpc) is 3.02. The summed E-state index contributed by atoms with van der Waals surface area (Å²) in [6.45, 7) is 5.11. The minimum atomic E-state index is -0.715. The number of halogens is 1. The van der Waals surface area contributed by atoms with Crippen molar-refractivity contribution in [1.29, 1.82) is 0 Å². The van der Waals surface area contributed by atoms with E-state index in [0.29, 0.717) is 41.5 Å². The molecule has 6 nitrogen and oxygen atoms in total. The molecule has 2 aromatic rings. The van der Waals surface area contributed by atoms with Gasteiger partial charge in [0.05, 0.1) is 11.6 Å². The monoisotopic (exact) mass is 454 g/mol. The maximum atomic E-state index is 13.0. The van der Waals surface area contributed by atoms with Crippen LogP contribution in [0.15, 0.2) is 66.8 Å². The minimum absolute atomic E-state index is 0.0573. The Hall–Kier alpha value is -3.09. The van der Waals surface area contributed by atoms with E-state index < -0.39 is 17.7 Å². The molecule has 1 amide bonds. The molecule has 168 valence electrons. The van der Waals surface area contributed by atoms with Gasteiger partial charge >= 0.3 is 0 Å². The van der Waals surface area contributed by atoms with Crippen molar-refractivity contribution < 1.29 is 19.4 Å². The summed E-state index contributed by atoms with van der Waals surface area (Å²) in [4.78, 5) is 29.5. The van der Waals surface area contributed by atoms with Gasteiger partial charge in [-0.1, -0.05) is 36.4 Å². The SMILES string of the molecule is C=CCOc1ccc(C(O)=C2C(=O)C(=O)N(CCCN(C)C)[C@@H]2c2cccc(Cl)c2)cc1. The predicted molar refractivity (Wildman–Crippen MR) is 126 cm³/mol. The number of hydrogen-bond donors (Lipinski definition) is 1. The molecule has 1 N–H and O–H groups in total. The molecule has 3 rings (SSSR count). The first-order valence-electron chi connectivity index (χ1n) is 10.4. The van der Waals surface area contributed by atoms with Crippen LogP contribution < -0.4 is 4.74 Å². The Kier molecular flexibility index (Phi) is 7.72. The number of aliphatic hydroxyl groups excluding tert-OH is 1. The third-order valence-corrected chi connectivity index (χ3v) is 5.44. The van der Waals surface area contributed by atoms with E-state index in [0.717, 1.165) is 6.54 Å². The lowest BCUT2D eigenvalue weighted by Crippen LogP contribution is -2.32. The van der Waals surface area contributed by atoms with Crippen LogP contribution in [0.3, 0.4) is 0 Å². The number of aliphatic hydroxyl groups is 1. The molecule has 0 aromatic heterocycles. The van der Waals surface area contributed by atoms with E-state index in [1.807, 2.05) is 19.0 Å².